The molecule has 0 fully saturated rings. The Morgan fingerprint density at radius 2 is 2.05 bits per heavy atom. The van der Waals surface area contributed by atoms with Crippen molar-refractivity contribution in [3.05, 3.63) is 46.7 Å². The van der Waals surface area contributed by atoms with Crippen molar-refractivity contribution in [2.24, 2.45) is 0 Å². The summed E-state index contributed by atoms with van der Waals surface area (Å²) in [7, 11) is 0. The third-order valence-corrected chi connectivity index (χ3v) is 3.62. The first-order valence-electron chi connectivity index (χ1n) is 6.58. The van der Waals surface area contributed by atoms with Crippen molar-refractivity contribution in [2.75, 3.05) is 5.32 Å². The number of nitrogens with zero attached hydrogens (tertiary/aromatic N) is 2. The third-order valence-electron chi connectivity index (χ3n) is 3.38. The van der Waals surface area contributed by atoms with Crippen LogP contribution < -0.4 is 5.32 Å². The molecule has 0 aliphatic carbocycles. The minimum Gasteiger partial charge on any atom is -0.479 e. The van der Waals surface area contributed by atoms with Gasteiger partial charge >= 0.3 is 5.97 Å². The number of rotatable bonds is 4. The van der Waals surface area contributed by atoms with Crippen molar-refractivity contribution >= 4 is 29.2 Å². The van der Waals surface area contributed by atoms with Crippen LogP contribution in [0, 0.1) is 6.92 Å². The molecule has 22 heavy (non-hydrogen) atoms. The number of anilines is 1. The van der Waals surface area contributed by atoms with Crippen LogP contribution in [0.25, 0.3) is 0 Å². The fourth-order valence-electron chi connectivity index (χ4n) is 1.83. The first kappa shape index (κ1) is 16.0. The maximum Gasteiger partial charge on any atom is 0.331 e. The van der Waals surface area contributed by atoms with Gasteiger partial charge in [0.25, 0.3) is 5.91 Å². The van der Waals surface area contributed by atoms with E-state index in [0.717, 1.165) is 5.56 Å². The molecule has 0 aliphatic heterocycles. The molecule has 1 aromatic carbocycles. The summed E-state index contributed by atoms with van der Waals surface area (Å²) in [6.07, 6.45) is 2.88. The highest BCUT2D eigenvalue weighted by molar-refractivity contribution is 6.31. The standard InChI is InChI=1S/C15H16ClN3O3/c1-9-4-5-10(16)6-12(9)13(20)18-11-7-17-19(8-11)15(2,3)14(21)22/h4-8H,1-3H3,(H,18,20)(H,21,22). The van der Waals surface area contributed by atoms with Crippen LogP contribution in [0.15, 0.2) is 30.6 Å². The summed E-state index contributed by atoms with van der Waals surface area (Å²) in [5.74, 6) is -1.34. The van der Waals surface area contributed by atoms with Crippen LogP contribution in [-0.4, -0.2) is 26.8 Å². The van der Waals surface area contributed by atoms with Gasteiger partial charge in [0.1, 0.15) is 0 Å². The smallest absolute Gasteiger partial charge is 0.331 e. The molecular formula is C15H16ClN3O3. The van der Waals surface area contributed by atoms with Crippen LogP contribution >= 0.6 is 11.6 Å². The topological polar surface area (TPSA) is 84.2 Å². The van der Waals surface area contributed by atoms with Crippen LogP contribution in [0.3, 0.4) is 0 Å². The van der Waals surface area contributed by atoms with Crippen LogP contribution in [0.2, 0.25) is 5.02 Å². The molecule has 1 aromatic heterocycles. The molecule has 0 aliphatic rings. The molecule has 116 valence electrons. The van der Waals surface area contributed by atoms with Gasteiger partial charge in [-0.1, -0.05) is 17.7 Å². The first-order valence-corrected chi connectivity index (χ1v) is 6.95. The van der Waals surface area contributed by atoms with Gasteiger partial charge in [-0.05, 0) is 38.5 Å². The Hall–Kier alpha value is -2.34. The van der Waals surface area contributed by atoms with Crippen LogP contribution in [0.4, 0.5) is 5.69 Å². The molecular weight excluding hydrogens is 306 g/mol. The predicted octanol–water partition coefficient (Wildman–Crippen LogP) is 2.92. The number of carbonyl (C=O) groups is 2. The normalized spacial score (nSPS) is 11.3. The summed E-state index contributed by atoms with van der Waals surface area (Å²) >= 11 is 5.90. The number of nitrogens with one attached hydrogen (secondary N) is 1. The van der Waals surface area contributed by atoms with Gasteiger partial charge in [-0.25, -0.2) is 4.79 Å². The molecule has 1 amide bonds. The highest BCUT2D eigenvalue weighted by atomic mass is 35.5. The second-order valence-electron chi connectivity index (χ2n) is 5.45. The number of carbonyl (C=O) groups excluding carboxylic acids is 1. The number of carboxylic acid groups (broad SMARTS) is 1. The van der Waals surface area contributed by atoms with Gasteiger partial charge < -0.3 is 10.4 Å². The number of amides is 1. The molecule has 0 atom stereocenters. The summed E-state index contributed by atoms with van der Waals surface area (Å²) < 4.78 is 1.29. The van der Waals surface area contributed by atoms with E-state index in [1.165, 1.54) is 30.9 Å². The molecule has 0 unspecified atom stereocenters. The summed E-state index contributed by atoms with van der Waals surface area (Å²) in [5, 5.41) is 16.3. The Kier molecular flexibility index (Phi) is 4.23. The number of aryl methyl sites for hydroxylation is 1. The number of halogens is 1. The summed E-state index contributed by atoms with van der Waals surface area (Å²) in [6, 6.07) is 5.05. The largest absolute Gasteiger partial charge is 0.479 e. The van der Waals surface area contributed by atoms with Crippen molar-refractivity contribution in [1.29, 1.82) is 0 Å². The molecule has 2 aromatic rings. The van der Waals surface area contributed by atoms with E-state index in [1.807, 2.05) is 6.92 Å². The Morgan fingerprint density at radius 3 is 2.68 bits per heavy atom. The van der Waals surface area contributed by atoms with Crippen LogP contribution in [0.1, 0.15) is 29.8 Å². The fraction of sp³-hybridized carbons (Fsp3) is 0.267. The van der Waals surface area contributed by atoms with E-state index in [-0.39, 0.29) is 5.91 Å². The number of hydrogen-bond donors (Lipinski definition) is 2. The number of aliphatic carboxylic acids is 1. The van der Waals surface area contributed by atoms with Crippen molar-refractivity contribution in [3.8, 4) is 0 Å². The van der Waals surface area contributed by atoms with E-state index in [9.17, 15) is 9.59 Å². The van der Waals surface area contributed by atoms with Crippen molar-refractivity contribution < 1.29 is 14.7 Å². The molecule has 2 rings (SSSR count). The molecule has 0 bridgehead atoms. The van der Waals surface area contributed by atoms with Crippen molar-refractivity contribution in [3.63, 3.8) is 0 Å². The second-order valence-corrected chi connectivity index (χ2v) is 5.89. The average molecular weight is 322 g/mol. The molecule has 2 N–H and O–H groups in total. The number of aromatic nitrogens is 2. The monoisotopic (exact) mass is 321 g/mol. The van der Waals surface area contributed by atoms with E-state index in [0.29, 0.717) is 16.3 Å². The summed E-state index contributed by atoms with van der Waals surface area (Å²) in [4.78, 5) is 23.5. The lowest BCUT2D eigenvalue weighted by molar-refractivity contribution is -0.146. The van der Waals surface area contributed by atoms with Gasteiger partial charge in [0.2, 0.25) is 0 Å². The van der Waals surface area contributed by atoms with Crippen LogP contribution in [-0.2, 0) is 10.3 Å². The Labute approximate surface area is 132 Å². The highest BCUT2D eigenvalue weighted by Gasteiger charge is 2.30. The number of benzene rings is 1. The second kappa shape index (κ2) is 5.81. The van der Waals surface area contributed by atoms with Gasteiger partial charge in [-0.3, -0.25) is 9.48 Å². The SMILES string of the molecule is Cc1ccc(Cl)cc1C(=O)Nc1cnn(C(C)(C)C(=O)O)c1. The van der Waals surface area contributed by atoms with Gasteiger partial charge in [-0.2, -0.15) is 5.10 Å². The minimum atomic E-state index is -1.20. The molecule has 0 radical (unpaired) electrons. The zero-order valence-electron chi connectivity index (χ0n) is 12.4. The van der Waals surface area contributed by atoms with Crippen molar-refractivity contribution in [2.45, 2.75) is 26.3 Å². The lowest BCUT2D eigenvalue weighted by Gasteiger charge is -2.19. The average Bonchev–Trinajstić information content (AvgIpc) is 2.90. The van der Waals surface area contributed by atoms with Gasteiger partial charge in [0.05, 0.1) is 11.9 Å². The molecule has 6 nitrogen and oxygen atoms in total. The summed E-state index contributed by atoms with van der Waals surface area (Å²) in [5.41, 5.74) is 0.464. The quantitative estimate of drug-likeness (QED) is 0.906. The molecule has 1 heterocycles. The fourth-order valence-corrected chi connectivity index (χ4v) is 2.00. The Morgan fingerprint density at radius 1 is 1.36 bits per heavy atom. The Balaban J connectivity index is 2.22. The van der Waals surface area contributed by atoms with E-state index in [1.54, 1.807) is 18.2 Å². The zero-order valence-corrected chi connectivity index (χ0v) is 13.2. The van der Waals surface area contributed by atoms with Crippen LogP contribution in [0.5, 0.6) is 0 Å². The van der Waals surface area contributed by atoms with Gasteiger partial charge in [0, 0.05) is 16.8 Å². The molecule has 0 spiro atoms. The maximum atomic E-state index is 12.3. The maximum absolute atomic E-state index is 12.3. The molecule has 0 saturated heterocycles. The zero-order chi connectivity index (χ0) is 16.5. The highest BCUT2D eigenvalue weighted by Crippen LogP contribution is 2.20. The summed E-state index contributed by atoms with van der Waals surface area (Å²) in [6.45, 7) is 4.85. The van der Waals surface area contributed by atoms with Gasteiger partial charge in [-0.15, -0.1) is 0 Å². The molecule has 7 heteroatoms. The van der Waals surface area contributed by atoms with E-state index in [2.05, 4.69) is 10.4 Å². The van der Waals surface area contributed by atoms with E-state index < -0.39 is 11.5 Å². The Bertz CT molecular complexity index is 737. The predicted molar refractivity (Wildman–Crippen MR) is 83.3 cm³/mol. The van der Waals surface area contributed by atoms with Crippen molar-refractivity contribution in [1.82, 2.24) is 9.78 Å². The molecule has 0 saturated carbocycles. The number of carboxylic acids is 1. The third kappa shape index (κ3) is 3.12. The number of hydrogen-bond acceptors (Lipinski definition) is 3. The first-order chi connectivity index (χ1) is 10.2. The van der Waals surface area contributed by atoms with Gasteiger partial charge in [0.15, 0.2) is 5.54 Å². The minimum absolute atomic E-state index is 0.326. The van der Waals surface area contributed by atoms with E-state index in [4.69, 9.17) is 16.7 Å². The lowest BCUT2D eigenvalue weighted by atomic mass is 10.1. The lowest BCUT2D eigenvalue weighted by Crippen LogP contribution is -2.35. The van der Waals surface area contributed by atoms with E-state index >= 15 is 0 Å².